The second kappa shape index (κ2) is 6.11. The summed E-state index contributed by atoms with van der Waals surface area (Å²) in [4.78, 5) is 8.88. The molecule has 12 heavy (non-hydrogen) atoms. The van der Waals surface area contributed by atoms with Crippen LogP contribution in [0.4, 0.5) is 0 Å². The first-order valence-electron chi connectivity index (χ1n) is 4.37. The molecule has 1 fully saturated rings. The van der Waals surface area contributed by atoms with Crippen LogP contribution in [0.1, 0.15) is 39.0 Å². The third-order valence-electron chi connectivity index (χ3n) is 2.68. The van der Waals surface area contributed by atoms with Crippen molar-refractivity contribution < 1.29 is 9.46 Å². The summed E-state index contributed by atoms with van der Waals surface area (Å²) < 4.78 is 10.7. The molecule has 0 aromatic carbocycles. The summed E-state index contributed by atoms with van der Waals surface area (Å²) in [5.74, 6) is 0.511. The summed E-state index contributed by atoms with van der Waals surface area (Å²) in [6, 6.07) is 0. The Bertz CT molecular complexity index is 146. The van der Waals surface area contributed by atoms with Crippen molar-refractivity contribution in [3.63, 3.8) is 0 Å². The van der Waals surface area contributed by atoms with E-state index in [0.717, 1.165) is 12.8 Å². The fraction of sp³-hybridized carbons (Fsp3) is 1.00. The summed E-state index contributed by atoms with van der Waals surface area (Å²) in [7, 11) is -1.93. The Labute approximate surface area is 85.7 Å². The predicted molar refractivity (Wildman–Crippen MR) is 55.8 cm³/mol. The lowest BCUT2D eigenvalue weighted by atomic mass is 9.87. The molecule has 1 saturated carbocycles. The first-order valence-corrected chi connectivity index (χ1v) is 5.65. The average molecular weight is 205 g/mol. The van der Waals surface area contributed by atoms with Crippen molar-refractivity contribution >= 4 is 25.4 Å². The van der Waals surface area contributed by atoms with Crippen molar-refractivity contribution in [2.75, 3.05) is 0 Å². The molecule has 0 aromatic rings. The molecule has 1 aliphatic carbocycles. The van der Waals surface area contributed by atoms with Gasteiger partial charge in [0.1, 0.15) is 0 Å². The van der Waals surface area contributed by atoms with Gasteiger partial charge in [0.05, 0.1) is 0 Å². The minimum absolute atomic E-state index is 0. The molecule has 1 N–H and O–H groups in total. The molecule has 0 radical (unpaired) electrons. The normalized spacial score (nSPS) is 22.7. The molecular formula is C8H19AlO2P+. The summed E-state index contributed by atoms with van der Waals surface area (Å²) >= 11 is 0. The van der Waals surface area contributed by atoms with E-state index in [1.165, 1.54) is 19.3 Å². The Morgan fingerprint density at radius 3 is 2.25 bits per heavy atom. The predicted octanol–water partition coefficient (Wildman–Crippen LogP) is 1.51. The first-order chi connectivity index (χ1) is 5.22. The molecule has 2 atom stereocenters. The molecule has 0 aromatic heterocycles. The van der Waals surface area contributed by atoms with Crippen molar-refractivity contribution in [2.24, 2.45) is 5.92 Å². The van der Waals surface area contributed by atoms with Crippen LogP contribution in [0, 0.1) is 5.92 Å². The van der Waals surface area contributed by atoms with Crippen LogP contribution in [0.2, 0.25) is 0 Å². The molecule has 0 spiro atoms. The van der Waals surface area contributed by atoms with E-state index in [2.05, 4.69) is 0 Å². The summed E-state index contributed by atoms with van der Waals surface area (Å²) in [6.45, 7) is 1.90. The third-order valence-corrected chi connectivity index (χ3v) is 3.80. The molecule has 70 valence electrons. The van der Waals surface area contributed by atoms with E-state index in [1.807, 2.05) is 6.92 Å². The van der Waals surface area contributed by atoms with Gasteiger partial charge in [-0.2, -0.15) is 4.89 Å². The van der Waals surface area contributed by atoms with E-state index in [9.17, 15) is 4.57 Å². The van der Waals surface area contributed by atoms with Crippen molar-refractivity contribution in [1.29, 1.82) is 0 Å². The zero-order chi connectivity index (χ0) is 8.27. The van der Waals surface area contributed by atoms with E-state index < -0.39 is 8.03 Å². The second-order valence-corrected chi connectivity index (χ2v) is 4.86. The van der Waals surface area contributed by atoms with Crippen LogP contribution < -0.4 is 0 Å². The van der Waals surface area contributed by atoms with E-state index >= 15 is 0 Å². The largest absolute Gasteiger partial charge is 0.508 e. The Balaban J connectivity index is 0.00000121. The maximum Gasteiger partial charge on any atom is 0.508 e. The molecule has 0 heterocycles. The zero-order valence-electron chi connectivity index (χ0n) is 6.99. The van der Waals surface area contributed by atoms with E-state index in [-0.39, 0.29) is 23.0 Å². The highest BCUT2D eigenvalue weighted by molar-refractivity contribution is 7.38. The van der Waals surface area contributed by atoms with Gasteiger partial charge >= 0.3 is 8.03 Å². The van der Waals surface area contributed by atoms with Crippen LogP contribution >= 0.6 is 8.03 Å². The first kappa shape index (κ1) is 12.6. The SMILES string of the molecule is CC(C1CCCCC1)[P+](=O)O.[AlH3]. The Morgan fingerprint density at radius 1 is 1.33 bits per heavy atom. The minimum atomic E-state index is -1.93. The maximum atomic E-state index is 10.7. The van der Waals surface area contributed by atoms with Crippen LogP contribution in [-0.2, 0) is 4.57 Å². The van der Waals surface area contributed by atoms with Gasteiger partial charge in [0.15, 0.2) is 23.0 Å². The number of hydrogen-bond acceptors (Lipinski definition) is 1. The average Bonchev–Trinajstić information content (AvgIpc) is 2.05. The molecule has 0 bridgehead atoms. The van der Waals surface area contributed by atoms with Crippen LogP contribution in [0.5, 0.6) is 0 Å². The van der Waals surface area contributed by atoms with E-state index in [1.54, 1.807) is 0 Å². The van der Waals surface area contributed by atoms with Gasteiger partial charge in [-0.05, 0) is 24.3 Å². The van der Waals surface area contributed by atoms with E-state index in [4.69, 9.17) is 4.89 Å². The lowest BCUT2D eigenvalue weighted by molar-refractivity contribution is 0.340. The number of hydrogen-bond donors (Lipinski definition) is 1. The maximum absolute atomic E-state index is 10.7. The summed E-state index contributed by atoms with van der Waals surface area (Å²) in [6.07, 6.45) is 6.12. The van der Waals surface area contributed by atoms with Crippen LogP contribution in [0.3, 0.4) is 0 Å². The van der Waals surface area contributed by atoms with Gasteiger partial charge in [0.2, 0.25) is 0 Å². The molecule has 0 amide bonds. The summed E-state index contributed by atoms with van der Waals surface area (Å²) in [5, 5.41) is 0. The minimum Gasteiger partial charge on any atom is -0.161 e. The van der Waals surface area contributed by atoms with Gasteiger partial charge in [0, 0.05) is 5.92 Å². The third kappa shape index (κ3) is 3.54. The Kier molecular flexibility index (Phi) is 6.41. The van der Waals surface area contributed by atoms with Crippen LogP contribution in [0.25, 0.3) is 0 Å². The van der Waals surface area contributed by atoms with Crippen molar-refractivity contribution in [2.45, 2.75) is 44.7 Å². The van der Waals surface area contributed by atoms with Gasteiger partial charge < -0.3 is 0 Å². The number of rotatable bonds is 2. The lowest BCUT2D eigenvalue weighted by Crippen LogP contribution is -2.16. The van der Waals surface area contributed by atoms with E-state index in [0.29, 0.717) is 5.92 Å². The highest BCUT2D eigenvalue weighted by Gasteiger charge is 2.33. The highest BCUT2D eigenvalue weighted by Crippen LogP contribution is 2.36. The molecular weight excluding hydrogens is 186 g/mol. The molecule has 0 saturated heterocycles. The smallest absolute Gasteiger partial charge is 0.161 e. The molecule has 2 unspecified atom stereocenters. The fourth-order valence-electron chi connectivity index (χ4n) is 1.80. The monoisotopic (exact) mass is 205 g/mol. The van der Waals surface area contributed by atoms with Crippen molar-refractivity contribution in [1.82, 2.24) is 0 Å². The second-order valence-electron chi connectivity index (χ2n) is 3.44. The van der Waals surface area contributed by atoms with Crippen LogP contribution in [-0.4, -0.2) is 27.9 Å². The van der Waals surface area contributed by atoms with Gasteiger partial charge in [-0.3, -0.25) is 0 Å². The summed E-state index contributed by atoms with van der Waals surface area (Å²) in [5.41, 5.74) is 0.0188. The lowest BCUT2D eigenvalue weighted by Gasteiger charge is -2.20. The topological polar surface area (TPSA) is 37.3 Å². The standard InChI is InChI=1S/C8H15O2P.Al.3H/c1-7(11(9)10)8-5-3-2-4-6-8;;;;/h7-8H,2-6H2,1H3;;;;/p+1. The Hall–Kier alpha value is 0.592. The van der Waals surface area contributed by atoms with Gasteiger partial charge in [-0.15, -0.1) is 0 Å². The Morgan fingerprint density at radius 2 is 1.83 bits per heavy atom. The van der Waals surface area contributed by atoms with Gasteiger partial charge in [-0.25, -0.2) is 0 Å². The molecule has 2 nitrogen and oxygen atoms in total. The molecule has 1 aliphatic rings. The van der Waals surface area contributed by atoms with Crippen molar-refractivity contribution in [3.8, 4) is 0 Å². The van der Waals surface area contributed by atoms with Gasteiger partial charge in [0.25, 0.3) is 0 Å². The quantitative estimate of drug-likeness (QED) is 0.548. The fourth-order valence-corrected chi connectivity index (χ4v) is 2.46. The molecule has 4 heteroatoms. The highest BCUT2D eigenvalue weighted by atomic mass is 31.1. The molecule has 1 rings (SSSR count). The molecule has 0 aliphatic heterocycles. The van der Waals surface area contributed by atoms with Gasteiger partial charge in [-0.1, -0.05) is 19.3 Å². The zero-order valence-corrected chi connectivity index (χ0v) is 7.89. The van der Waals surface area contributed by atoms with Crippen LogP contribution in [0.15, 0.2) is 0 Å². The van der Waals surface area contributed by atoms with Crippen molar-refractivity contribution in [3.05, 3.63) is 0 Å².